The van der Waals surface area contributed by atoms with Gasteiger partial charge in [-0.25, -0.2) is 4.79 Å². The number of carbonyl (C=O) groups is 2. The number of likely N-dealkylation sites (tertiary alicyclic amines) is 1. The SMILES string of the molecule is CC[C@@H](N)C(=O)N1CCC(NC(=O)OC)C1. The lowest BCUT2D eigenvalue weighted by Gasteiger charge is -2.20. The molecule has 1 saturated heterocycles. The van der Waals surface area contributed by atoms with Gasteiger partial charge >= 0.3 is 6.09 Å². The lowest BCUT2D eigenvalue weighted by atomic mass is 10.2. The predicted molar refractivity (Wildman–Crippen MR) is 58.8 cm³/mol. The molecule has 1 unspecified atom stereocenters. The highest BCUT2D eigenvalue weighted by atomic mass is 16.5. The second-order valence-electron chi connectivity index (χ2n) is 3.92. The van der Waals surface area contributed by atoms with E-state index in [-0.39, 0.29) is 11.9 Å². The van der Waals surface area contributed by atoms with E-state index in [1.807, 2.05) is 6.92 Å². The van der Waals surface area contributed by atoms with Crippen molar-refractivity contribution in [3.8, 4) is 0 Å². The molecular formula is C10H19N3O3. The number of nitrogens with zero attached hydrogens (tertiary/aromatic N) is 1. The zero-order chi connectivity index (χ0) is 12.1. The summed E-state index contributed by atoms with van der Waals surface area (Å²) in [4.78, 5) is 24.4. The number of amides is 2. The second kappa shape index (κ2) is 5.69. The van der Waals surface area contributed by atoms with Crippen LogP contribution in [-0.4, -0.2) is 49.2 Å². The van der Waals surface area contributed by atoms with Crippen LogP contribution in [0.5, 0.6) is 0 Å². The summed E-state index contributed by atoms with van der Waals surface area (Å²) >= 11 is 0. The van der Waals surface area contributed by atoms with Gasteiger partial charge in [-0.1, -0.05) is 6.92 Å². The molecule has 0 aliphatic carbocycles. The Morgan fingerprint density at radius 2 is 2.31 bits per heavy atom. The molecular weight excluding hydrogens is 210 g/mol. The number of nitrogens with one attached hydrogen (secondary N) is 1. The van der Waals surface area contributed by atoms with Crippen LogP contribution in [0.15, 0.2) is 0 Å². The molecule has 1 rings (SSSR count). The minimum absolute atomic E-state index is 0.0274. The van der Waals surface area contributed by atoms with Crippen molar-refractivity contribution in [3.05, 3.63) is 0 Å². The first-order valence-corrected chi connectivity index (χ1v) is 5.47. The molecule has 6 nitrogen and oxygen atoms in total. The number of methoxy groups -OCH3 is 1. The fraction of sp³-hybridized carbons (Fsp3) is 0.800. The van der Waals surface area contributed by atoms with Gasteiger partial charge in [-0.2, -0.15) is 0 Å². The van der Waals surface area contributed by atoms with Gasteiger partial charge < -0.3 is 20.7 Å². The van der Waals surface area contributed by atoms with Gasteiger partial charge in [0, 0.05) is 13.1 Å². The number of nitrogens with two attached hydrogens (primary N) is 1. The molecule has 1 heterocycles. The fourth-order valence-corrected chi connectivity index (χ4v) is 1.71. The van der Waals surface area contributed by atoms with Crippen molar-refractivity contribution in [1.82, 2.24) is 10.2 Å². The maximum absolute atomic E-state index is 11.7. The van der Waals surface area contributed by atoms with Crippen molar-refractivity contribution in [1.29, 1.82) is 0 Å². The van der Waals surface area contributed by atoms with Gasteiger partial charge in [-0.15, -0.1) is 0 Å². The first-order chi connectivity index (χ1) is 7.58. The van der Waals surface area contributed by atoms with Crippen molar-refractivity contribution in [3.63, 3.8) is 0 Å². The zero-order valence-corrected chi connectivity index (χ0v) is 9.73. The highest BCUT2D eigenvalue weighted by molar-refractivity contribution is 5.82. The molecule has 0 radical (unpaired) electrons. The Bertz CT molecular complexity index is 270. The quantitative estimate of drug-likeness (QED) is 0.694. The first-order valence-electron chi connectivity index (χ1n) is 5.47. The average molecular weight is 229 g/mol. The van der Waals surface area contributed by atoms with Crippen LogP contribution in [0.2, 0.25) is 0 Å². The predicted octanol–water partition coefficient (Wildman–Crippen LogP) is -0.319. The van der Waals surface area contributed by atoms with Gasteiger partial charge in [0.15, 0.2) is 0 Å². The summed E-state index contributed by atoms with van der Waals surface area (Å²) in [5.41, 5.74) is 5.67. The summed E-state index contributed by atoms with van der Waals surface area (Å²) in [7, 11) is 1.32. The molecule has 0 aromatic heterocycles. The summed E-state index contributed by atoms with van der Waals surface area (Å²) < 4.78 is 4.50. The van der Waals surface area contributed by atoms with Crippen LogP contribution in [0.3, 0.4) is 0 Å². The molecule has 1 aliphatic heterocycles. The molecule has 0 bridgehead atoms. The van der Waals surface area contributed by atoms with Gasteiger partial charge in [-0.3, -0.25) is 4.79 Å². The number of rotatable bonds is 3. The Labute approximate surface area is 95.1 Å². The normalized spacial score (nSPS) is 21.7. The van der Waals surface area contributed by atoms with Crippen LogP contribution in [0, 0.1) is 0 Å². The van der Waals surface area contributed by atoms with Crippen molar-refractivity contribution in [2.75, 3.05) is 20.2 Å². The van der Waals surface area contributed by atoms with E-state index < -0.39 is 12.1 Å². The molecule has 1 aliphatic rings. The van der Waals surface area contributed by atoms with Crippen LogP contribution < -0.4 is 11.1 Å². The van der Waals surface area contributed by atoms with Crippen molar-refractivity contribution >= 4 is 12.0 Å². The number of ether oxygens (including phenoxy) is 1. The van der Waals surface area contributed by atoms with E-state index in [4.69, 9.17) is 5.73 Å². The Hall–Kier alpha value is -1.30. The topological polar surface area (TPSA) is 84.7 Å². The molecule has 1 fully saturated rings. The van der Waals surface area contributed by atoms with Crippen LogP contribution in [0.1, 0.15) is 19.8 Å². The largest absolute Gasteiger partial charge is 0.453 e. The fourth-order valence-electron chi connectivity index (χ4n) is 1.71. The number of hydrogen-bond acceptors (Lipinski definition) is 4. The standard InChI is InChI=1S/C10H19N3O3/c1-3-8(11)9(14)13-5-4-7(6-13)12-10(15)16-2/h7-8H,3-6,11H2,1-2H3,(H,12,15)/t7?,8-/m1/s1. The smallest absolute Gasteiger partial charge is 0.407 e. The monoisotopic (exact) mass is 229 g/mol. The maximum atomic E-state index is 11.7. The summed E-state index contributed by atoms with van der Waals surface area (Å²) in [6.07, 6.45) is 0.918. The van der Waals surface area contributed by atoms with Crippen molar-refractivity contribution < 1.29 is 14.3 Å². The highest BCUT2D eigenvalue weighted by Gasteiger charge is 2.29. The molecule has 3 N–H and O–H groups in total. The van der Waals surface area contributed by atoms with Gasteiger partial charge in [0.05, 0.1) is 19.2 Å². The minimum Gasteiger partial charge on any atom is -0.453 e. The summed E-state index contributed by atoms with van der Waals surface area (Å²) in [5.74, 6) is -0.0448. The van der Waals surface area contributed by atoms with Crippen LogP contribution in [-0.2, 0) is 9.53 Å². The van der Waals surface area contributed by atoms with Gasteiger partial charge in [0.25, 0.3) is 0 Å². The van der Waals surface area contributed by atoms with E-state index in [0.717, 1.165) is 6.42 Å². The van der Waals surface area contributed by atoms with Crippen LogP contribution >= 0.6 is 0 Å². The Morgan fingerprint density at radius 1 is 1.62 bits per heavy atom. The molecule has 2 atom stereocenters. The Balaban J connectivity index is 2.40. The first kappa shape index (κ1) is 12.8. The molecule has 16 heavy (non-hydrogen) atoms. The third-order valence-corrected chi connectivity index (χ3v) is 2.76. The van der Waals surface area contributed by atoms with Crippen molar-refractivity contribution in [2.45, 2.75) is 31.8 Å². The molecule has 0 aromatic rings. The second-order valence-corrected chi connectivity index (χ2v) is 3.92. The number of hydrogen-bond donors (Lipinski definition) is 2. The average Bonchev–Trinajstić information content (AvgIpc) is 2.75. The molecule has 2 amide bonds. The van der Waals surface area contributed by atoms with E-state index >= 15 is 0 Å². The van der Waals surface area contributed by atoms with E-state index in [1.54, 1.807) is 4.90 Å². The maximum Gasteiger partial charge on any atom is 0.407 e. The highest BCUT2D eigenvalue weighted by Crippen LogP contribution is 2.11. The molecule has 0 aromatic carbocycles. The van der Waals surface area contributed by atoms with Gasteiger partial charge in [0.2, 0.25) is 5.91 Å². The summed E-state index contributed by atoms with van der Waals surface area (Å²) in [6, 6.07) is -0.461. The summed E-state index contributed by atoms with van der Waals surface area (Å²) in [5, 5.41) is 2.67. The molecule has 6 heteroatoms. The van der Waals surface area contributed by atoms with E-state index in [1.165, 1.54) is 7.11 Å². The third kappa shape index (κ3) is 3.10. The molecule has 0 saturated carbocycles. The number of alkyl carbamates (subject to hydrolysis) is 1. The van der Waals surface area contributed by atoms with E-state index in [0.29, 0.717) is 19.5 Å². The summed E-state index contributed by atoms with van der Waals surface area (Å²) in [6.45, 7) is 3.03. The van der Waals surface area contributed by atoms with E-state index in [9.17, 15) is 9.59 Å². The van der Waals surface area contributed by atoms with E-state index in [2.05, 4.69) is 10.1 Å². The van der Waals surface area contributed by atoms with Crippen LogP contribution in [0.25, 0.3) is 0 Å². The third-order valence-electron chi connectivity index (χ3n) is 2.76. The minimum atomic E-state index is -0.459. The van der Waals surface area contributed by atoms with Gasteiger partial charge in [0.1, 0.15) is 0 Å². The van der Waals surface area contributed by atoms with Crippen LogP contribution in [0.4, 0.5) is 4.79 Å². The molecule has 92 valence electrons. The zero-order valence-electron chi connectivity index (χ0n) is 9.73. The lowest BCUT2D eigenvalue weighted by molar-refractivity contribution is -0.131. The van der Waals surface area contributed by atoms with Gasteiger partial charge in [-0.05, 0) is 12.8 Å². The van der Waals surface area contributed by atoms with Crippen molar-refractivity contribution in [2.24, 2.45) is 5.73 Å². The lowest BCUT2D eigenvalue weighted by Crippen LogP contribution is -2.44. The Kier molecular flexibility index (Phi) is 4.54. The number of carbonyl (C=O) groups excluding carboxylic acids is 2. The Morgan fingerprint density at radius 3 is 2.88 bits per heavy atom. The molecule has 0 spiro atoms.